The molecule has 0 aliphatic carbocycles. The Labute approximate surface area is 173 Å². The van der Waals surface area contributed by atoms with Gasteiger partial charge in [-0.15, -0.1) is 0 Å². The Morgan fingerprint density at radius 1 is 1.17 bits per heavy atom. The second-order valence-corrected chi connectivity index (χ2v) is 7.02. The predicted octanol–water partition coefficient (Wildman–Crippen LogP) is 2.23. The summed E-state index contributed by atoms with van der Waals surface area (Å²) in [5.41, 5.74) is 0.966. The van der Waals surface area contributed by atoms with Crippen molar-refractivity contribution in [3.8, 4) is 22.9 Å². The number of esters is 1. The summed E-state index contributed by atoms with van der Waals surface area (Å²) in [5.74, 6) is 1.03. The molecule has 156 valence electrons. The van der Waals surface area contributed by atoms with Crippen molar-refractivity contribution in [2.24, 2.45) is 0 Å². The minimum Gasteiger partial charge on any atom is -0.492 e. The Morgan fingerprint density at radius 2 is 2.00 bits per heavy atom. The molecule has 1 fully saturated rings. The molecular weight excluding hydrogens is 386 g/mol. The fourth-order valence-electron chi connectivity index (χ4n) is 3.33. The molecule has 0 radical (unpaired) electrons. The second kappa shape index (κ2) is 9.06. The van der Waals surface area contributed by atoms with Gasteiger partial charge < -0.3 is 19.2 Å². The molecule has 1 aliphatic rings. The largest absolute Gasteiger partial charge is 0.492 e. The molecule has 4 rings (SSSR count). The van der Waals surface area contributed by atoms with Crippen LogP contribution in [0.3, 0.4) is 0 Å². The summed E-state index contributed by atoms with van der Waals surface area (Å²) < 4.78 is 16.3. The third-order valence-corrected chi connectivity index (χ3v) is 4.83. The summed E-state index contributed by atoms with van der Waals surface area (Å²) in [6.45, 7) is 6.09. The maximum atomic E-state index is 12.6. The highest BCUT2D eigenvalue weighted by Gasteiger charge is 2.11. The smallest absolute Gasteiger partial charge is 0.308 e. The number of aromatic nitrogens is 2. The topological polar surface area (TPSA) is 93.8 Å². The highest BCUT2D eigenvalue weighted by atomic mass is 16.5. The third-order valence-electron chi connectivity index (χ3n) is 4.83. The molecule has 1 aliphatic heterocycles. The zero-order chi connectivity index (χ0) is 20.9. The van der Waals surface area contributed by atoms with Gasteiger partial charge in [-0.3, -0.25) is 14.5 Å². The Balaban J connectivity index is 1.51. The molecule has 0 unspecified atom stereocenters. The first-order chi connectivity index (χ1) is 14.6. The number of carbonyl (C=O) groups is 1. The molecule has 1 saturated heterocycles. The van der Waals surface area contributed by atoms with Crippen LogP contribution in [0.5, 0.6) is 11.5 Å². The van der Waals surface area contributed by atoms with Gasteiger partial charge in [-0.05, 0) is 30.3 Å². The highest BCUT2D eigenvalue weighted by Crippen LogP contribution is 2.23. The minimum atomic E-state index is -0.444. The van der Waals surface area contributed by atoms with E-state index >= 15 is 0 Å². The fourth-order valence-corrected chi connectivity index (χ4v) is 3.33. The second-order valence-electron chi connectivity index (χ2n) is 7.02. The van der Waals surface area contributed by atoms with Crippen LogP contribution in [0.2, 0.25) is 0 Å². The lowest BCUT2D eigenvalue weighted by Crippen LogP contribution is -2.38. The molecule has 0 atom stereocenters. The lowest BCUT2D eigenvalue weighted by Gasteiger charge is -2.26. The van der Waals surface area contributed by atoms with Gasteiger partial charge >= 0.3 is 5.97 Å². The molecule has 2 aromatic carbocycles. The summed E-state index contributed by atoms with van der Waals surface area (Å²) in [7, 11) is 0. The lowest BCUT2D eigenvalue weighted by molar-refractivity contribution is -0.131. The van der Waals surface area contributed by atoms with Crippen LogP contribution in [0.15, 0.2) is 47.3 Å². The van der Waals surface area contributed by atoms with Crippen molar-refractivity contribution in [1.29, 1.82) is 0 Å². The van der Waals surface area contributed by atoms with Gasteiger partial charge in [0, 0.05) is 32.1 Å². The normalized spacial score (nSPS) is 14.6. The predicted molar refractivity (Wildman–Crippen MR) is 112 cm³/mol. The summed E-state index contributed by atoms with van der Waals surface area (Å²) in [6.07, 6.45) is 0. The van der Waals surface area contributed by atoms with Crippen molar-refractivity contribution < 1.29 is 19.0 Å². The maximum absolute atomic E-state index is 12.6. The van der Waals surface area contributed by atoms with Gasteiger partial charge in [0.25, 0.3) is 5.56 Å². The molecule has 1 aromatic heterocycles. The number of rotatable bonds is 6. The Hall–Kier alpha value is -3.23. The van der Waals surface area contributed by atoms with E-state index in [1.54, 1.807) is 12.1 Å². The average Bonchev–Trinajstić information content (AvgIpc) is 2.75. The van der Waals surface area contributed by atoms with Crippen LogP contribution in [0.4, 0.5) is 0 Å². The Bertz CT molecular complexity index is 1110. The summed E-state index contributed by atoms with van der Waals surface area (Å²) in [4.78, 5) is 33.3. The van der Waals surface area contributed by atoms with E-state index in [0.29, 0.717) is 34.8 Å². The van der Waals surface area contributed by atoms with Crippen LogP contribution in [-0.4, -0.2) is 60.3 Å². The standard InChI is InChI=1S/C22H23N3O5/c1-15(26)30-18-5-6-20-19(14-18)22(27)24-21(23-20)16-3-2-4-17(13-16)29-12-9-25-7-10-28-11-8-25/h2-6,13-14H,7-12H2,1H3,(H,23,24,27). The number of benzene rings is 2. The van der Waals surface area contributed by atoms with E-state index in [1.165, 1.54) is 13.0 Å². The van der Waals surface area contributed by atoms with Crippen LogP contribution in [-0.2, 0) is 9.53 Å². The number of nitrogens with one attached hydrogen (secondary N) is 1. The van der Waals surface area contributed by atoms with Crippen molar-refractivity contribution in [2.75, 3.05) is 39.5 Å². The van der Waals surface area contributed by atoms with Gasteiger partial charge in [-0.25, -0.2) is 4.98 Å². The van der Waals surface area contributed by atoms with E-state index in [0.717, 1.165) is 38.4 Å². The summed E-state index contributed by atoms with van der Waals surface area (Å²) >= 11 is 0. The molecule has 30 heavy (non-hydrogen) atoms. The van der Waals surface area contributed by atoms with Crippen molar-refractivity contribution in [3.05, 3.63) is 52.8 Å². The minimum absolute atomic E-state index is 0.303. The zero-order valence-corrected chi connectivity index (χ0v) is 16.7. The van der Waals surface area contributed by atoms with Gasteiger partial charge in [0.05, 0.1) is 24.1 Å². The number of carbonyl (C=O) groups excluding carboxylic acids is 1. The molecule has 3 aromatic rings. The molecule has 0 saturated carbocycles. The summed E-state index contributed by atoms with van der Waals surface area (Å²) in [5, 5.41) is 0.357. The molecule has 0 bridgehead atoms. The number of nitrogens with zero attached hydrogens (tertiary/aromatic N) is 2. The molecular formula is C22H23N3O5. The maximum Gasteiger partial charge on any atom is 0.308 e. The van der Waals surface area contributed by atoms with Crippen molar-refractivity contribution in [3.63, 3.8) is 0 Å². The van der Waals surface area contributed by atoms with E-state index in [-0.39, 0.29) is 5.56 Å². The first-order valence-corrected chi connectivity index (χ1v) is 9.84. The number of ether oxygens (including phenoxy) is 3. The zero-order valence-electron chi connectivity index (χ0n) is 16.7. The van der Waals surface area contributed by atoms with E-state index in [2.05, 4.69) is 14.9 Å². The van der Waals surface area contributed by atoms with Crippen molar-refractivity contribution in [2.45, 2.75) is 6.92 Å². The monoisotopic (exact) mass is 409 g/mol. The third kappa shape index (κ3) is 4.84. The SMILES string of the molecule is CC(=O)Oc1ccc2nc(-c3cccc(OCCN4CCOCC4)c3)[nH]c(=O)c2c1. The van der Waals surface area contributed by atoms with E-state index < -0.39 is 5.97 Å². The van der Waals surface area contributed by atoms with Gasteiger partial charge in [0.1, 0.15) is 23.9 Å². The number of hydrogen-bond donors (Lipinski definition) is 1. The van der Waals surface area contributed by atoms with E-state index in [4.69, 9.17) is 14.2 Å². The van der Waals surface area contributed by atoms with Crippen LogP contribution in [0.1, 0.15) is 6.92 Å². The van der Waals surface area contributed by atoms with Gasteiger partial charge in [-0.1, -0.05) is 12.1 Å². The number of fused-ring (bicyclic) bond motifs is 1. The van der Waals surface area contributed by atoms with Crippen molar-refractivity contribution >= 4 is 16.9 Å². The molecule has 1 N–H and O–H groups in total. The number of H-pyrrole nitrogens is 1. The first kappa shape index (κ1) is 20.1. The first-order valence-electron chi connectivity index (χ1n) is 9.84. The molecule has 8 heteroatoms. The molecule has 8 nitrogen and oxygen atoms in total. The Kier molecular flexibility index (Phi) is 6.06. The van der Waals surface area contributed by atoms with Gasteiger partial charge in [0.2, 0.25) is 0 Å². The number of morpholine rings is 1. The number of hydrogen-bond acceptors (Lipinski definition) is 7. The molecule has 0 amide bonds. The van der Waals surface area contributed by atoms with Crippen LogP contribution in [0.25, 0.3) is 22.3 Å². The van der Waals surface area contributed by atoms with Crippen LogP contribution >= 0.6 is 0 Å². The average molecular weight is 409 g/mol. The van der Waals surface area contributed by atoms with Crippen LogP contribution in [0, 0.1) is 0 Å². The van der Waals surface area contributed by atoms with Crippen molar-refractivity contribution in [1.82, 2.24) is 14.9 Å². The fraction of sp³-hybridized carbons (Fsp3) is 0.318. The highest BCUT2D eigenvalue weighted by molar-refractivity contribution is 5.82. The lowest BCUT2D eigenvalue weighted by atomic mass is 10.2. The van der Waals surface area contributed by atoms with Crippen LogP contribution < -0.4 is 15.0 Å². The van der Waals surface area contributed by atoms with E-state index in [1.807, 2.05) is 24.3 Å². The van der Waals surface area contributed by atoms with Gasteiger partial charge in [-0.2, -0.15) is 0 Å². The number of aromatic amines is 1. The quantitative estimate of drug-likeness (QED) is 0.493. The Morgan fingerprint density at radius 3 is 2.80 bits per heavy atom. The summed E-state index contributed by atoms with van der Waals surface area (Å²) in [6, 6.07) is 12.3. The molecule has 0 spiro atoms. The molecule has 2 heterocycles. The van der Waals surface area contributed by atoms with E-state index in [9.17, 15) is 9.59 Å². The van der Waals surface area contributed by atoms with Gasteiger partial charge in [0.15, 0.2) is 0 Å².